The summed E-state index contributed by atoms with van der Waals surface area (Å²) in [5.74, 6) is 0. The topological polar surface area (TPSA) is 88.6 Å². The summed E-state index contributed by atoms with van der Waals surface area (Å²) in [7, 11) is 0. The first-order valence-corrected chi connectivity index (χ1v) is 7.96. The number of nitrogens with zero attached hydrogens (tertiary/aromatic N) is 3. The summed E-state index contributed by atoms with van der Waals surface area (Å²) in [6.45, 7) is 10.2. The smallest absolute Gasteiger partial charge is 0.412 e. The van der Waals surface area contributed by atoms with Crippen LogP contribution in [0.4, 0.5) is 14.4 Å². The van der Waals surface area contributed by atoms with Crippen LogP contribution in [0, 0.1) is 0 Å². The molecule has 1 rings (SSSR count). The van der Waals surface area contributed by atoms with Gasteiger partial charge in [0, 0.05) is 0 Å². The molecule has 24 heavy (non-hydrogen) atoms. The number of carbonyl (C=O) groups is 3. The van der Waals surface area contributed by atoms with E-state index in [4.69, 9.17) is 14.2 Å². The normalized spacial score (nSPS) is 15.1. The van der Waals surface area contributed by atoms with Crippen LogP contribution in [0.2, 0.25) is 0 Å². The molecular weight excluding hydrogens is 318 g/mol. The summed E-state index contributed by atoms with van der Waals surface area (Å²) in [5, 5.41) is 0. The van der Waals surface area contributed by atoms with Gasteiger partial charge in [0.1, 0.15) is 20.0 Å². The van der Waals surface area contributed by atoms with Gasteiger partial charge >= 0.3 is 18.3 Å². The van der Waals surface area contributed by atoms with Gasteiger partial charge in [-0.05, 0) is 41.5 Å². The van der Waals surface area contributed by atoms with E-state index in [0.29, 0.717) is 0 Å². The van der Waals surface area contributed by atoms with Crippen LogP contribution in [0.15, 0.2) is 0 Å². The van der Waals surface area contributed by atoms with Crippen LogP contribution < -0.4 is 0 Å². The van der Waals surface area contributed by atoms with E-state index in [-0.39, 0.29) is 38.3 Å². The molecule has 1 fully saturated rings. The predicted molar refractivity (Wildman–Crippen MR) is 85.0 cm³/mol. The van der Waals surface area contributed by atoms with Crippen molar-refractivity contribution in [2.75, 3.05) is 20.0 Å². The Bertz CT molecular complexity index is 394. The van der Waals surface area contributed by atoms with Crippen LogP contribution in [0.25, 0.3) is 0 Å². The molecule has 0 aromatic heterocycles. The summed E-state index contributed by atoms with van der Waals surface area (Å²) in [5.41, 5.74) is 0. The number of carbonyl (C=O) groups excluding carboxylic acids is 3. The maximum atomic E-state index is 12.1. The lowest BCUT2D eigenvalue weighted by Gasteiger charge is -2.40. The fourth-order valence-corrected chi connectivity index (χ4v) is 1.93. The maximum absolute atomic E-state index is 12.1. The number of rotatable bonds is 3. The predicted octanol–water partition coefficient (Wildman–Crippen LogP) is 2.41. The van der Waals surface area contributed by atoms with E-state index in [1.807, 2.05) is 0 Å². The average molecular weight is 345 g/mol. The number of ether oxygens (including phenoxy) is 3. The Balaban J connectivity index is 2.87. The van der Waals surface area contributed by atoms with E-state index in [1.165, 1.54) is 14.7 Å². The third-order valence-electron chi connectivity index (χ3n) is 2.81. The van der Waals surface area contributed by atoms with E-state index in [1.54, 1.807) is 41.5 Å². The summed E-state index contributed by atoms with van der Waals surface area (Å²) in [4.78, 5) is 40.1. The number of hydrogen-bond acceptors (Lipinski definition) is 6. The van der Waals surface area contributed by atoms with Crippen molar-refractivity contribution in [3.8, 4) is 0 Å². The molecule has 1 aliphatic heterocycles. The van der Waals surface area contributed by atoms with Crippen molar-refractivity contribution in [2.45, 2.75) is 59.9 Å². The third kappa shape index (κ3) is 6.13. The lowest BCUT2D eigenvalue weighted by molar-refractivity contribution is -0.0353. The van der Waals surface area contributed by atoms with Crippen molar-refractivity contribution in [1.29, 1.82) is 0 Å². The molecule has 0 spiro atoms. The molecule has 0 aromatic rings. The van der Waals surface area contributed by atoms with Gasteiger partial charge in [-0.15, -0.1) is 0 Å². The molecule has 9 heteroatoms. The second-order valence-corrected chi connectivity index (χ2v) is 6.34. The first kappa shape index (κ1) is 19.9. The van der Waals surface area contributed by atoms with E-state index in [0.717, 1.165) is 0 Å². The van der Waals surface area contributed by atoms with Gasteiger partial charge in [0.15, 0.2) is 0 Å². The highest BCUT2D eigenvalue weighted by Crippen LogP contribution is 2.14. The van der Waals surface area contributed by atoms with E-state index >= 15 is 0 Å². The highest BCUT2D eigenvalue weighted by molar-refractivity contribution is 5.74. The Kier molecular flexibility index (Phi) is 7.12. The first-order valence-electron chi connectivity index (χ1n) is 7.96. The maximum Gasteiger partial charge on any atom is 0.412 e. The molecule has 0 saturated carbocycles. The Morgan fingerprint density at radius 2 is 0.792 bits per heavy atom. The van der Waals surface area contributed by atoms with Crippen molar-refractivity contribution in [3.05, 3.63) is 0 Å². The van der Waals surface area contributed by atoms with Crippen molar-refractivity contribution < 1.29 is 28.6 Å². The largest absolute Gasteiger partial charge is 0.447 e. The molecule has 0 N–H and O–H groups in total. The molecule has 0 radical (unpaired) electrons. The number of amides is 3. The van der Waals surface area contributed by atoms with Crippen LogP contribution in [0.1, 0.15) is 41.5 Å². The van der Waals surface area contributed by atoms with Crippen LogP contribution in [0.5, 0.6) is 0 Å². The van der Waals surface area contributed by atoms with Gasteiger partial charge < -0.3 is 14.2 Å². The van der Waals surface area contributed by atoms with Gasteiger partial charge in [-0.25, -0.2) is 14.4 Å². The molecule has 1 saturated heterocycles. The lowest BCUT2D eigenvalue weighted by Crippen LogP contribution is -2.60. The monoisotopic (exact) mass is 345 g/mol. The summed E-state index contributed by atoms with van der Waals surface area (Å²) < 4.78 is 15.4. The van der Waals surface area contributed by atoms with Crippen molar-refractivity contribution in [2.24, 2.45) is 0 Å². The molecule has 0 aliphatic carbocycles. The van der Waals surface area contributed by atoms with Crippen molar-refractivity contribution in [3.63, 3.8) is 0 Å². The Labute approximate surface area is 142 Å². The zero-order chi connectivity index (χ0) is 18.4. The van der Waals surface area contributed by atoms with E-state index in [2.05, 4.69) is 0 Å². The lowest BCUT2D eigenvalue weighted by atomic mass is 10.4. The van der Waals surface area contributed by atoms with Gasteiger partial charge in [0.05, 0.1) is 18.3 Å². The molecule has 0 unspecified atom stereocenters. The van der Waals surface area contributed by atoms with Gasteiger partial charge in [-0.3, -0.25) is 14.7 Å². The zero-order valence-electron chi connectivity index (χ0n) is 15.1. The summed E-state index contributed by atoms with van der Waals surface area (Å²) in [6, 6.07) is 0. The standard InChI is InChI=1S/C15H27N3O6/c1-10(2)22-13(19)16-7-17(14(20)23-11(3)4)9-18(8-16)15(21)24-12(5)6/h10-12H,7-9H2,1-6H3. The fourth-order valence-electron chi connectivity index (χ4n) is 1.93. The van der Waals surface area contributed by atoms with Gasteiger partial charge in [-0.2, -0.15) is 0 Å². The van der Waals surface area contributed by atoms with E-state index < -0.39 is 18.3 Å². The van der Waals surface area contributed by atoms with Crippen molar-refractivity contribution >= 4 is 18.3 Å². The molecule has 138 valence electrons. The zero-order valence-corrected chi connectivity index (χ0v) is 15.1. The Morgan fingerprint density at radius 1 is 0.583 bits per heavy atom. The molecule has 0 bridgehead atoms. The van der Waals surface area contributed by atoms with Crippen LogP contribution in [-0.4, -0.2) is 71.3 Å². The molecule has 0 aromatic carbocycles. The number of hydrogen-bond donors (Lipinski definition) is 0. The molecule has 1 aliphatic rings. The van der Waals surface area contributed by atoms with Crippen molar-refractivity contribution in [1.82, 2.24) is 14.7 Å². The van der Waals surface area contributed by atoms with Crippen LogP contribution in [0.3, 0.4) is 0 Å². The third-order valence-corrected chi connectivity index (χ3v) is 2.81. The quantitative estimate of drug-likeness (QED) is 0.730. The SMILES string of the molecule is CC(C)OC(=O)N1CN(C(=O)OC(C)C)CN(C(=O)OC(C)C)C1. The van der Waals surface area contributed by atoms with Crippen LogP contribution in [-0.2, 0) is 14.2 Å². The second kappa shape index (κ2) is 8.60. The highest BCUT2D eigenvalue weighted by atomic mass is 16.6. The molecular formula is C15H27N3O6. The van der Waals surface area contributed by atoms with Crippen LogP contribution >= 0.6 is 0 Å². The molecule has 0 atom stereocenters. The summed E-state index contributed by atoms with van der Waals surface area (Å²) >= 11 is 0. The van der Waals surface area contributed by atoms with Gasteiger partial charge in [0.2, 0.25) is 0 Å². The minimum absolute atomic E-state index is 0.0252. The molecule has 3 amide bonds. The highest BCUT2D eigenvalue weighted by Gasteiger charge is 2.34. The van der Waals surface area contributed by atoms with Gasteiger partial charge in [0.25, 0.3) is 0 Å². The average Bonchev–Trinajstić information content (AvgIpc) is 2.44. The minimum atomic E-state index is -0.616. The molecule has 1 heterocycles. The van der Waals surface area contributed by atoms with E-state index in [9.17, 15) is 14.4 Å². The molecule has 9 nitrogen and oxygen atoms in total. The second-order valence-electron chi connectivity index (χ2n) is 6.34. The first-order chi connectivity index (χ1) is 11.1. The summed E-state index contributed by atoms with van der Waals surface area (Å²) in [6.07, 6.45) is -2.79. The Morgan fingerprint density at radius 3 is 0.958 bits per heavy atom. The van der Waals surface area contributed by atoms with Gasteiger partial charge in [-0.1, -0.05) is 0 Å². The fraction of sp³-hybridized carbons (Fsp3) is 0.800. The Hall–Kier alpha value is -2.19. The minimum Gasteiger partial charge on any atom is -0.447 e.